The molecule has 0 amide bonds. The van der Waals surface area contributed by atoms with Gasteiger partial charge in [-0.3, -0.25) is 9.11 Å². The van der Waals surface area contributed by atoms with Crippen LogP contribution >= 0.6 is 0 Å². The average molecular weight is 467 g/mol. The van der Waals surface area contributed by atoms with Crippen molar-refractivity contribution in [3.05, 3.63) is 82.7 Å². The molecule has 2 aliphatic rings. The van der Waals surface area contributed by atoms with E-state index >= 15 is 0 Å². The Morgan fingerprint density at radius 2 is 1.97 bits per heavy atom. The molecule has 0 bridgehead atoms. The predicted molar refractivity (Wildman–Crippen MR) is 124 cm³/mol. The van der Waals surface area contributed by atoms with E-state index in [1.165, 1.54) is 11.1 Å². The molecule has 5 rings (SSSR count). The zero-order valence-electron chi connectivity index (χ0n) is 18.3. The quantitative estimate of drug-likeness (QED) is 0.516. The fourth-order valence-corrected chi connectivity index (χ4v) is 5.43. The van der Waals surface area contributed by atoms with E-state index in [0.717, 1.165) is 49.3 Å². The summed E-state index contributed by atoms with van der Waals surface area (Å²) >= 11 is -2.25. The highest BCUT2D eigenvalue weighted by Gasteiger charge is 2.33. The molecule has 8 nitrogen and oxygen atoms in total. The Morgan fingerprint density at radius 3 is 2.79 bits per heavy atom. The standard InChI is InChI=1S/C24H29N5O3S/c30-23-13-20-5-1-2-7-22(20)24(23)29-16-21(26-27-29)15-28-10-8-18(9-11-28)19-6-3-4-17(12-19)14-25-33(31)32/h1-7,12,16,18,23-25,30H,8-11,13-15H2,(H,31,32)/p-1/t23-,24-/m1/s1. The van der Waals surface area contributed by atoms with Gasteiger partial charge < -0.3 is 9.66 Å². The largest absolute Gasteiger partial charge is 0.760 e. The van der Waals surface area contributed by atoms with Crippen molar-refractivity contribution in [1.29, 1.82) is 0 Å². The van der Waals surface area contributed by atoms with Gasteiger partial charge in [0.1, 0.15) is 6.04 Å². The minimum absolute atomic E-state index is 0.172. The molecule has 2 aromatic carbocycles. The minimum atomic E-state index is -2.25. The summed E-state index contributed by atoms with van der Waals surface area (Å²) in [6, 6.07) is 16.2. The lowest BCUT2D eigenvalue weighted by molar-refractivity contribution is 0.137. The Labute approximate surface area is 196 Å². The van der Waals surface area contributed by atoms with Crippen LogP contribution in [0, 0.1) is 0 Å². The molecule has 1 saturated heterocycles. The Balaban J connectivity index is 1.18. The third-order valence-corrected chi connectivity index (χ3v) is 7.18. The molecule has 1 fully saturated rings. The van der Waals surface area contributed by atoms with Crippen LogP contribution in [0.15, 0.2) is 54.7 Å². The monoisotopic (exact) mass is 466 g/mol. The summed E-state index contributed by atoms with van der Waals surface area (Å²) in [5, 5.41) is 19.3. The van der Waals surface area contributed by atoms with Gasteiger partial charge in [-0.15, -0.1) is 5.10 Å². The number of piperidine rings is 1. The van der Waals surface area contributed by atoms with Crippen LogP contribution in [0.3, 0.4) is 0 Å². The number of nitrogens with one attached hydrogen (secondary N) is 1. The van der Waals surface area contributed by atoms with Crippen LogP contribution < -0.4 is 4.72 Å². The smallest absolute Gasteiger partial charge is 0.105 e. The van der Waals surface area contributed by atoms with Crippen molar-refractivity contribution in [2.24, 2.45) is 0 Å². The van der Waals surface area contributed by atoms with E-state index in [2.05, 4.69) is 44.2 Å². The van der Waals surface area contributed by atoms with Crippen LogP contribution in [0.25, 0.3) is 0 Å². The topological polar surface area (TPSA) is 106 Å². The summed E-state index contributed by atoms with van der Waals surface area (Å²) in [5.41, 5.74) is 5.47. The van der Waals surface area contributed by atoms with Gasteiger partial charge in [0.15, 0.2) is 0 Å². The molecular formula is C24H28N5O3S-. The van der Waals surface area contributed by atoms with Crippen molar-refractivity contribution in [2.75, 3.05) is 13.1 Å². The lowest BCUT2D eigenvalue weighted by Crippen LogP contribution is -2.32. The third-order valence-electron chi connectivity index (χ3n) is 6.80. The molecule has 174 valence electrons. The van der Waals surface area contributed by atoms with Gasteiger partial charge in [0, 0.05) is 30.8 Å². The average Bonchev–Trinajstić information content (AvgIpc) is 3.41. The molecular weight excluding hydrogens is 438 g/mol. The second kappa shape index (κ2) is 9.82. The number of fused-ring (bicyclic) bond motifs is 1. The predicted octanol–water partition coefficient (Wildman–Crippen LogP) is 2.05. The van der Waals surface area contributed by atoms with Crippen LogP contribution in [-0.2, 0) is 30.8 Å². The fourth-order valence-electron chi connectivity index (χ4n) is 5.15. The number of hydrogen-bond donors (Lipinski definition) is 2. The van der Waals surface area contributed by atoms with Gasteiger partial charge in [-0.1, -0.05) is 53.7 Å². The molecule has 2 heterocycles. The van der Waals surface area contributed by atoms with E-state index in [-0.39, 0.29) is 6.04 Å². The summed E-state index contributed by atoms with van der Waals surface area (Å²) in [4.78, 5) is 2.40. The highest BCUT2D eigenvalue weighted by molar-refractivity contribution is 7.77. The number of hydrogen-bond acceptors (Lipinski definition) is 6. The van der Waals surface area contributed by atoms with E-state index in [4.69, 9.17) is 0 Å². The molecule has 1 aliphatic carbocycles. The van der Waals surface area contributed by atoms with E-state index in [0.29, 0.717) is 18.9 Å². The first-order valence-electron chi connectivity index (χ1n) is 11.4. The normalized spacial score (nSPS) is 22.4. The van der Waals surface area contributed by atoms with Gasteiger partial charge in [-0.25, -0.2) is 9.40 Å². The van der Waals surface area contributed by atoms with Gasteiger partial charge in [0.25, 0.3) is 0 Å². The number of aromatic nitrogens is 3. The van der Waals surface area contributed by atoms with E-state index in [1.54, 1.807) is 0 Å². The molecule has 9 heteroatoms. The van der Waals surface area contributed by atoms with Crippen LogP contribution in [0.5, 0.6) is 0 Å². The maximum Gasteiger partial charge on any atom is 0.105 e. The summed E-state index contributed by atoms with van der Waals surface area (Å²) in [6.07, 6.45) is 4.24. The number of benzene rings is 2. The van der Waals surface area contributed by atoms with Gasteiger partial charge in [0.2, 0.25) is 0 Å². The van der Waals surface area contributed by atoms with Crippen LogP contribution in [-0.4, -0.2) is 53.0 Å². The molecule has 3 aromatic rings. The fraction of sp³-hybridized carbons (Fsp3) is 0.417. The molecule has 1 unspecified atom stereocenters. The highest BCUT2D eigenvalue weighted by atomic mass is 32.2. The molecule has 0 radical (unpaired) electrons. The van der Waals surface area contributed by atoms with Crippen LogP contribution in [0.1, 0.15) is 52.7 Å². The van der Waals surface area contributed by atoms with E-state index < -0.39 is 17.4 Å². The lowest BCUT2D eigenvalue weighted by atomic mass is 9.88. The van der Waals surface area contributed by atoms with Crippen LogP contribution in [0.4, 0.5) is 0 Å². The molecule has 3 atom stereocenters. The Hall–Kier alpha value is -2.43. The molecule has 1 aromatic heterocycles. The number of aliphatic hydroxyl groups excluding tert-OH is 1. The molecule has 1 aliphatic heterocycles. The summed E-state index contributed by atoms with van der Waals surface area (Å²) in [6.45, 7) is 3.01. The van der Waals surface area contributed by atoms with Gasteiger partial charge in [-0.2, -0.15) is 0 Å². The summed E-state index contributed by atoms with van der Waals surface area (Å²) in [5.74, 6) is 0.472. The van der Waals surface area contributed by atoms with Gasteiger partial charge >= 0.3 is 0 Å². The lowest BCUT2D eigenvalue weighted by Gasteiger charge is -2.31. The van der Waals surface area contributed by atoms with Crippen molar-refractivity contribution in [1.82, 2.24) is 24.6 Å². The Bertz CT molecular complexity index is 1130. The van der Waals surface area contributed by atoms with Crippen molar-refractivity contribution in [2.45, 2.75) is 50.4 Å². The zero-order chi connectivity index (χ0) is 22.8. The number of nitrogens with zero attached hydrogens (tertiary/aromatic N) is 4. The number of rotatable bonds is 7. The third kappa shape index (κ3) is 5.07. The van der Waals surface area contributed by atoms with Crippen molar-refractivity contribution < 1.29 is 13.9 Å². The second-order valence-electron chi connectivity index (χ2n) is 8.96. The summed E-state index contributed by atoms with van der Waals surface area (Å²) in [7, 11) is 0. The summed E-state index contributed by atoms with van der Waals surface area (Å²) < 4.78 is 25.8. The first-order valence-corrected chi connectivity index (χ1v) is 12.4. The van der Waals surface area contributed by atoms with Crippen molar-refractivity contribution in [3.63, 3.8) is 0 Å². The van der Waals surface area contributed by atoms with Gasteiger partial charge in [0.05, 0.1) is 18.0 Å². The SMILES string of the molecule is O=S([O-])NCc1cccc(C2CCN(Cc3cn([C@@H]4c5ccccc5C[C@H]4O)nn3)CC2)c1. The molecule has 0 spiro atoms. The first-order chi connectivity index (χ1) is 16.1. The van der Waals surface area contributed by atoms with Crippen LogP contribution in [0.2, 0.25) is 0 Å². The highest BCUT2D eigenvalue weighted by Crippen LogP contribution is 2.34. The maximum atomic E-state index is 10.8. The first kappa shape index (κ1) is 22.4. The second-order valence-corrected chi connectivity index (χ2v) is 9.71. The number of likely N-dealkylation sites (tertiary alicyclic amines) is 1. The van der Waals surface area contributed by atoms with E-state index in [1.807, 2.05) is 35.1 Å². The zero-order valence-corrected chi connectivity index (χ0v) is 19.2. The Morgan fingerprint density at radius 1 is 1.15 bits per heavy atom. The number of aliphatic hydroxyl groups is 1. The molecule has 0 saturated carbocycles. The maximum absolute atomic E-state index is 10.8. The minimum Gasteiger partial charge on any atom is -0.760 e. The van der Waals surface area contributed by atoms with Gasteiger partial charge in [-0.05, 0) is 54.1 Å². The molecule has 2 N–H and O–H groups in total. The van der Waals surface area contributed by atoms with E-state index in [9.17, 15) is 13.9 Å². The van der Waals surface area contributed by atoms with Crippen molar-refractivity contribution in [3.8, 4) is 0 Å². The van der Waals surface area contributed by atoms with Crippen molar-refractivity contribution >= 4 is 11.3 Å². The molecule has 33 heavy (non-hydrogen) atoms. The Kier molecular flexibility index (Phi) is 6.66.